The lowest BCUT2D eigenvalue weighted by molar-refractivity contribution is -0.142. The Hall–Kier alpha value is -3.93. The summed E-state index contributed by atoms with van der Waals surface area (Å²) in [7, 11) is 0. The van der Waals surface area contributed by atoms with Crippen LogP contribution in [0.1, 0.15) is 31.5 Å². The van der Waals surface area contributed by atoms with Crippen molar-refractivity contribution in [2.24, 2.45) is 11.7 Å². The normalized spacial score (nSPS) is 13.5. The molecule has 0 spiro atoms. The summed E-state index contributed by atoms with van der Waals surface area (Å²) in [6, 6.07) is 2.89. The van der Waals surface area contributed by atoms with E-state index in [9.17, 15) is 29.4 Å². The van der Waals surface area contributed by atoms with Crippen molar-refractivity contribution in [3.05, 3.63) is 48.0 Å². The van der Waals surface area contributed by atoms with Crippen LogP contribution in [0.15, 0.2) is 36.8 Å². The number of amides is 3. The van der Waals surface area contributed by atoms with E-state index in [0.717, 1.165) is 0 Å². The molecule has 2 rings (SSSR count). The predicted octanol–water partition coefficient (Wildman–Crippen LogP) is -0.556. The minimum atomic E-state index is -1.18. The molecule has 1 heterocycles. The number of aromatic hydroxyl groups is 1. The first kappa shape index (κ1) is 27.3. The fourth-order valence-electron chi connectivity index (χ4n) is 3.31. The average Bonchev–Trinajstić information content (AvgIpc) is 3.30. The van der Waals surface area contributed by atoms with E-state index in [-0.39, 0.29) is 30.9 Å². The number of H-pyrrole nitrogens is 1. The summed E-state index contributed by atoms with van der Waals surface area (Å²) < 4.78 is 0. The van der Waals surface area contributed by atoms with Crippen LogP contribution in [-0.4, -0.2) is 68.5 Å². The number of carbonyl (C=O) groups excluding carboxylic acids is 3. The van der Waals surface area contributed by atoms with Gasteiger partial charge in [0.15, 0.2) is 0 Å². The molecule has 3 atom stereocenters. The molecule has 3 amide bonds. The van der Waals surface area contributed by atoms with Gasteiger partial charge >= 0.3 is 5.97 Å². The molecule has 0 aliphatic heterocycles. The maximum atomic E-state index is 12.9. The summed E-state index contributed by atoms with van der Waals surface area (Å²) in [6.45, 7) is 3.23. The zero-order valence-corrected chi connectivity index (χ0v) is 19.7. The van der Waals surface area contributed by atoms with Gasteiger partial charge in [-0.25, -0.2) is 9.78 Å². The maximum Gasteiger partial charge on any atom is 0.326 e. The van der Waals surface area contributed by atoms with E-state index in [1.165, 1.54) is 24.7 Å². The molecule has 2 aromatic rings. The Labute approximate surface area is 202 Å². The summed E-state index contributed by atoms with van der Waals surface area (Å²) in [6.07, 6.45) is 3.45. The summed E-state index contributed by atoms with van der Waals surface area (Å²) >= 11 is 0. The molecule has 0 fully saturated rings. The zero-order chi connectivity index (χ0) is 26.0. The molecule has 0 saturated heterocycles. The number of carbonyl (C=O) groups is 4. The Balaban J connectivity index is 2.02. The Kier molecular flexibility index (Phi) is 10.2. The van der Waals surface area contributed by atoms with Gasteiger partial charge in [0, 0.05) is 24.7 Å². The monoisotopic (exact) mass is 488 g/mol. The standard InChI is InChI=1S/C23H32N6O6/c1-13(2)7-19(23(34)35)29-22(33)18(8-14-3-5-16(30)6-4-14)28-20(31)11-26-21(32)17(24)9-15-10-25-12-27-15/h3-6,10,12-13,17-19,30H,7-9,11,24H2,1-2H3,(H,25,27)(H,26,32)(H,28,31)(H,29,33)(H,34,35). The number of aliphatic carboxylic acids is 1. The molecule has 3 unspecified atom stereocenters. The van der Waals surface area contributed by atoms with Crippen molar-refractivity contribution in [3.63, 3.8) is 0 Å². The highest BCUT2D eigenvalue weighted by atomic mass is 16.4. The highest BCUT2D eigenvalue weighted by Crippen LogP contribution is 2.12. The van der Waals surface area contributed by atoms with Crippen LogP contribution in [-0.2, 0) is 32.0 Å². The number of imidazole rings is 1. The van der Waals surface area contributed by atoms with Crippen molar-refractivity contribution >= 4 is 23.7 Å². The predicted molar refractivity (Wildman–Crippen MR) is 126 cm³/mol. The molecular formula is C23H32N6O6. The molecule has 190 valence electrons. The largest absolute Gasteiger partial charge is 0.508 e. The van der Waals surface area contributed by atoms with Crippen LogP contribution in [0, 0.1) is 5.92 Å². The van der Waals surface area contributed by atoms with Crippen molar-refractivity contribution in [2.75, 3.05) is 6.54 Å². The topological polar surface area (TPSA) is 200 Å². The molecule has 0 aliphatic rings. The van der Waals surface area contributed by atoms with Crippen LogP contribution in [0.3, 0.4) is 0 Å². The van der Waals surface area contributed by atoms with Gasteiger partial charge in [0.05, 0.1) is 18.9 Å². The number of aromatic amines is 1. The highest BCUT2D eigenvalue weighted by molar-refractivity contribution is 5.92. The number of rotatable bonds is 13. The van der Waals surface area contributed by atoms with Gasteiger partial charge in [0.1, 0.15) is 17.8 Å². The van der Waals surface area contributed by atoms with Crippen molar-refractivity contribution in [3.8, 4) is 5.75 Å². The van der Waals surface area contributed by atoms with Gasteiger partial charge in [0.25, 0.3) is 0 Å². The number of hydrogen-bond donors (Lipinski definition) is 7. The summed E-state index contributed by atoms with van der Waals surface area (Å²) in [5.41, 5.74) is 7.14. The molecule has 0 radical (unpaired) electrons. The lowest BCUT2D eigenvalue weighted by Crippen LogP contribution is -2.54. The van der Waals surface area contributed by atoms with E-state index < -0.39 is 48.4 Å². The van der Waals surface area contributed by atoms with Crippen molar-refractivity contribution in [1.82, 2.24) is 25.9 Å². The number of nitrogens with two attached hydrogens (primary N) is 1. The SMILES string of the molecule is CC(C)CC(NC(=O)C(Cc1ccc(O)cc1)NC(=O)CNC(=O)C(N)Cc1cnc[nH]1)C(=O)O. The second-order valence-electron chi connectivity index (χ2n) is 8.62. The number of nitrogens with zero attached hydrogens (tertiary/aromatic N) is 1. The molecule has 35 heavy (non-hydrogen) atoms. The van der Waals surface area contributed by atoms with Gasteiger partial charge in [-0.3, -0.25) is 14.4 Å². The molecule has 12 heteroatoms. The second-order valence-corrected chi connectivity index (χ2v) is 8.62. The number of benzene rings is 1. The van der Waals surface area contributed by atoms with Crippen LogP contribution in [0.25, 0.3) is 0 Å². The third-order valence-electron chi connectivity index (χ3n) is 5.10. The first-order valence-corrected chi connectivity index (χ1v) is 11.2. The lowest BCUT2D eigenvalue weighted by Gasteiger charge is -2.23. The number of hydrogen-bond acceptors (Lipinski definition) is 7. The molecule has 1 aromatic carbocycles. The maximum absolute atomic E-state index is 12.9. The Morgan fingerprint density at radius 2 is 1.71 bits per heavy atom. The molecule has 8 N–H and O–H groups in total. The van der Waals surface area contributed by atoms with Gasteiger partial charge in [-0.05, 0) is 30.0 Å². The number of nitrogens with one attached hydrogen (secondary N) is 4. The van der Waals surface area contributed by atoms with E-state index in [1.54, 1.807) is 12.1 Å². The first-order valence-electron chi connectivity index (χ1n) is 11.2. The zero-order valence-electron chi connectivity index (χ0n) is 19.7. The van der Waals surface area contributed by atoms with Gasteiger partial charge < -0.3 is 36.9 Å². The smallest absolute Gasteiger partial charge is 0.326 e. The fraction of sp³-hybridized carbons (Fsp3) is 0.435. The Bertz CT molecular complexity index is 992. The van der Waals surface area contributed by atoms with Gasteiger partial charge in [-0.2, -0.15) is 0 Å². The minimum absolute atomic E-state index is 0.0164. The molecule has 0 bridgehead atoms. The van der Waals surface area contributed by atoms with Crippen molar-refractivity contribution in [2.45, 2.75) is 51.2 Å². The number of phenols is 1. The summed E-state index contributed by atoms with van der Waals surface area (Å²) in [5.74, 6) is -3.01. The number of phenolic OH excluding ortho intramolecular Hbond substituents is 1. The molecule has 0 saturated carbocycles. The average molecular weight is 489 g/mol. The van der Waals surface area contributed by atoms with E-state index >= 15 is 0 Å². The van der Waals surface area contributed by atoms with Crippen molar-refractivity contribution < 1.29 is 29.4 Å². The van der Waals surface area contributed by atoms with E-state index in [1.807, 2.05) is 13.8 Å². The van der Waals surface area contributed by atoms with Crippen LogP contribution in [0.4, 0.5) is 0 Å². The molecule has 1 aromatic heterocycles. The molecule has 0 aliphatic carbocycles. The molecular weight excluding hydrogens is 456 g/mol. The number of carboxylic acid groups (broad SMARTS) is 1. The fourth-order valence-corrected chi connectivity index (χ4v) is 3.31. The van der Waals surface area contributed by atoms with Crippen LogP contribution >= 0.6 is 0 Å². The third kappa shape index (κ3) is 9.45. The van der Waals surface area contributed by atoms with Gasteiger partial charge in [0.2, 0.25) is 17.7 Å². The van der Waals surface area contributed by atoms with Gasteiger partial charge in [-0.15, -0.1) is 0 Å². The Morgan fingerprint density at radius 3 is 2.29 bits per heavy atom. The van der Waals surface area contributed by atoms with Crippen LogP contribution in [0.5, 0.6) is 5.75 Å². The van der Waals surface area contributed by atoms with E-state index in [0.29, 0.717) is 11.3 Å². The highest BCUT2D eigenvalue weighted by Gasteiger charge is 2.27. The van der Waals surface area contributed by atoms with Gasteiger partial charge in [-0.1, -0.05) is 26.0 Å². The lowest BCUT2D eigenvalue weighted by atomic mass is 10.0. The third-order valence-corrected chi connectivity index (χ3v) is 5.10. The van der Waals surface area contributed by atoms with Crippen LogP contribution in [0.2, 0.25) is 0 Å². The quantitative estimate of drug-likeness (QED) is 0.194. The van der Waals surface area contributed by atoms with E-state index in [4.69, 9.17) is 5.73 Å². The number of aromatic nitrogens is 2. The second kappa shape index (κ2) is 13.1. The summed E-state index contributed by atoms with van der Waals surface area (Å²) in [4.78, 5) is 55.9. The van der Waals surface area contributed by atoms with Crippen molar-refractivity contribution in [1.29, 1.82) is 0 Å². The minimum Gasteiger partial charge on any atom is -0.508 e. The van der Waals surface area contributed by atoms with Crippen LogP contribution < -0.4 is 21.7 Å². The molecule has 12 nitrogen and oxygen atoms in total. The number of carboxylic acids is 1. The summed E-state index contributed by atoms with van der Waals surface area (Å²) in [5, 5.41) is 26.4. The van der Waals surface area contributed by atoms with E-state index in [2.05, 4.69) is 25.9 Å². The first-order chi connectivity index (χ1) is 16.5. The Morgan fingerprint density at radius 1 is 1.03 bits per heavy atom.